The lowest BCUT2D eigenvalue weighted by atomic mass is 9.90. The Bertz CT molecular complexity index is 355. The maximum atomic E-state index is 8.90. The lowest BCUT2D eigenvalue weighted by Gasteiger charge is -2.24. The number of nitrogens with one attached hydrogen (secondary N) is 1. The number of nitrogens with zero attached hydrogens (tertiary/aromatic N) is 1. The molecule has 0 spiro atoms. The Kier molecular flexibility index (Phi) is 4.38. The first-order valence-corrected chi connectivity index (χ1v) is 5.58. The number of hydrogen-bond donors (Lipinski definition) is 3. The molecule has 0 amide bonds. The van der Waals surface area contributed by atoms with E-state index in [9.17, 15) is 0 Å². The van der Waals surface area contributed by atoms with Crippen molar-refractivity contribution in [1.82, 2.24) is 4.98 Å². The third kappa shape index (κ3) is 3.87. The number of anilines is 2. The molecule has 16 heavy (non-hydrogen) atoms. The van der Waals surface area contributed by atoms with Gasteiger partial charge in [-0.1, -0.05) is 25.4 Å². The molecule has 1 rings (SSSR count). The summed E-state index contributed by atoms with van der Waals surface area (Å²) >= 11 is 5.98. The number of aliphatic hydroxyl groups is 1. The predicted octanol–water partition coefficient (Wildman–Crippen LogP) is 2.14. The predicted molar refractivity (Wildman–Crippen MR) is 67.6 cm³/mol. The van der Waals surface area contributed by atoms with Crippen LogP contribution < -0.4 is 11.1 Å². The van der Waals surface area contributed by atoms with E-state index in [4.69, 9.17) is 22.4 Å². The quantitative estimate of drug-likeness (QED) is 0.741. The second-order valence-corrected chi connectivity index (χ2v) is 5.00. The van der Waals surface area contributed by atoms with Gasteiger partial charge in [0, 0.05) is 13.2 Å². The lowest BCUT2D eigenvalue weighted by Crippen LogP contribution is -2.24. The van der Waals surface area contributed by atoms with E-state index in [-0.39, 0.29) is 12.0 Å². The average Bonchev–Trinajstić information content (AvgIpc) is 2.16. The molecule has 4 N–H and O–H groups in total. The van der Waals surface area contributed by atoms with Crippen molar-refractivity contribution in [2.24, 2.45) is 5.41 Å². The maximum absolute atomic E-state index is 8.90. The Morgan fingerprint density at radius 3 is 2.81 bits per heavy atom. The van der Waals surface area contributed by atoms with Crippen molar-refractivity contribution < 1.29 is 5.11 Å². The fraction of sp³-hybridized carbons (Fsp3) is 0.545. The monoisotopic (exact) mass is 243 g/mol. The van der Waals surface area contributed by atoms with Crippen molar-refractivity contribution in [3.63, 3.8) is 0 Å². The second kappa shape index (κ2) is 5.37. The average molecular weight is 244 g/mol. The van der Waals surface area contributed by atoms with Crippen LogP contribution in [0.15, 0.2) is 12.3 Å². The van der Waals surface area contributed by atoms with Crippen LogP contribution in [0.2, 0.25) is 5.02 Å². The van der Waals surface area contributed by atoms with Crippen LogP contribution >= 0.6 is 11.6 Å². The van der Waals surface area contributed by atoms with Crippen LogP contribution in [0.1, 0.15) is 20.3 Å². The van der Waals surface area contributed by atoms with Gasteiger partial charge in [-0.3, -0.25) is 0 Å². The third-order valence-corrected chi connectivity index (χ3v) is 2.67. The zero-order valence-corrected chi connectivity index (χ0v) is 10.4. The Morgan fingerprint density at radius 1 is 1.56 bits per heavy atom. The standard InChI is InChI=1S/C11H18ClN3O/c1-11(2,3-4-16)7-15-10-9(12)5-8(13)6-14-10/h5-6,16H,3-4,7,13H2,1-2H3,(H,14,15). The zero-order valence-electron chi connectivity index (χ0n) is 9.63. The summed E-state index contributed by atoms with van der Waals surface area (Å²) in [6.45, 7) is 5.02. The molecule has 0 radical (unpaired) electrons. The van der Waals surface area contributed by atoms with Crippen molar-refractivity contribution in [3.05, 3.63) is 17.3 Å². The van der Waals surface area contributed by atoms with Gasteiger partial charge in [0.1, 0.15) is 5.82 Å². The number of aliphatic hydroxyl groups excluding tert-OH is 1. The minimum Gasteiger partial charge on any atom is -0.397 e. The molecule has 0 aliphatic rings. The molecule has 0 atom stereocenters. The number of nitrogens with two attached hydrogens (primary N) is 1. The first-order valence-electron chi connectivity index (χ1n) is 5.20. The van der Waals surface area contributed by atoms with Gasteiger partial charge >= 0.3 is 0 Å². The number of nitrogen functional groups attached to an aromatic ring is 1. The summed E-state index contributed by atoms with van der Waals surface area (Å²) in [4.78, 5) is 4.11. The number of rotatable bonds is 5. The van der Waals surface area contributed by atoms with Crippen LogP contribution in [-0.4, -0.2) is 23.2 Å². The smallest absolute Gasteiger partial charge is 0.144 e. The number of hydrogen-bond acceptors (Lipinski definition) is 4. The molecule has 1 heterocycles. The molecule has 5 heteroatoms. The first kappa shape index (κ1) is 13.1. The highest BCUT2D eigenvalue weighted by atomic mass is 35.5. The number of aromatic nitrogens is 1. The zero-order chi connectivity index (χ0) is 12.2. The van der Waals surface area contributed by atoms with Gasteiger partial charge in [0.15, 0.2) is 0 Å². The van der Waals surface area contributed by atoms with Crippen molar-refractivity contribution in [2.45, 2.75) is 20.3 Å². The maximum Gasteiger partial charge on any atom is 0.144 e. The molecule has 0 aliphatic carbocycles. The molecule has 0 saturated carbocycles. The first-order chi connectivity index (χ1) is 7.44. The van der Waals surface area contributed by atoms with E-state index in [1.807, 2.05) is 0 Å². The van der Waals surface area contributed by atoms with Crippen LogP contribution in [0, 0.1) is 5.41 Å². The van der Waals surface area contributed by atoms with Gasteiger partial charge in [0.25, 0.3) is 0 Å². The number of halogens is 1. The largest absolute Gasteiger partial charge is 0.397 e. The number of pyridine rings is 1. The van der Waals surface area contributed by atoms with E-state index < -0.39 is 0 Å². The molecule has 1 aromatic rings. The van der Waals surface area contributed by atoms with E-state index in [0.717, 1.165) is 6.42 Å². The molecule has 0 saturated heterocycles. The van der Waals surface area contributed by atoms with Gasteiger partial charge in [-0.2, -0.15) is 0 Å². The fourth-order valence-electron chi connectivity index (χ4n) is 1.30. The van der Waals surface area contributed by atoms with Crippen LogP contribution in [0.5, 0.6) is 0 Å². The fourth-order valence-corrected chi connectivity index (χ4v) is 1.54. The topological polar surface area (TPSA) is 71.2 Å². The van der Waals surface area contributed by atoms with E-state index in [1.54, 1.807) is 12.3 Å². The Labute approximate surface area is 101 Å². The summed E-state index contributed by atoms with van der Waals surface area (Å²) in [5.41, 5.74) is 6.10. The van der Waals surface area contributed by atoms with E-state index >= 15 is 0 Å². The van der Waals surface area contributed by atoms with Gasteiger partial charge < -0.3 is 16.2 Å². The molecule has 90 valence electrons. The minimum atomic E-state index is 0.00114. The highest BCUT2D eigenvalue weighted by Crippen LogP contribution is 2.24. The molecule has 1 aromatic heterocycles. The Hall–Kier alpha value is -1.00. The molecular weight excluding hydrogens is 226 g/mol. The highest BCUT2D eigenvalue weighted by molar-refractivity contribution is 6.33. The van der Waals surface area contributed by atoms with E-state index in [2.05, 4.69) is 24.1 Å². The van der Waals surface area contributed by atoms with Gasteiger partial charge in [-0.25, -0.2) is 4.98 Å². The summed E-state index contributed by atoms with van der Waals surface area (Å²) in [5.74, 6) is 0.627. The summed E-state index contributed by atoms with van der Waals surface area (Å²) in [6.07, 6.45) is 2.29. The van der Waals surface area contributed by atoms with Crippen molar-refractivity contribution in [2.75, 3.05) is 24.2 Å². The van der Waals surface area contributed by atoms with Gasteiger partial charge in [-0.05, 0) is 17.9 Å². The van der Waals surface area contributed by atoms with Crippen LogP contribution in [-0.2, 0) is 0 Å². The molecule has 0 bridgehead atoms. The second-order valence-electron chi connectivity index (χ2n) is 4.59. The Morgan fingerprint density at radius 2 is 2.25 bits per heavy atom. The van der Waals surface area contributed by atoms with Gasteiger partial charge in [0.2, 0.25) is 0 Å². The van der Waals surface area contributed by atoms with Crippen LogP contribution in [0.3, 0.4) is 0 Å². The SMILES string of the molecule is CC(C)(CCO)CNc1ncc(N)cc1Cl. The normalized spacial score (nSPS) is 11.5. The van der Waals surface area contributed by atoms with Crippen LogP contribution in [0.4, 0.5) is 11.5 Å². The van der Waals surface area contributed by atoms with Crippen molar-refractivity contribution in [3.8, 4) is 0 Å². The molecule has 0 unspecified atom stereocenters. The minimum absolute atomic E-state index is 0.00114. The molecule has 0 aromatic carbocycles. The summed E-state index contributed by atoms with van der Waals surface area (Å²) in [7, 11) is 0. The molecule has 0 fully saturated rings. The summed E-state index contributed by atoms with van der Waals surface area (Å²) in [5, 5.41) is 12.6. The van der Waals surface area contributed by atoms with Gasteiger partial charge in [-0.15, -0.1) is 0 Å². The molecular formula is C11H18ClN3O. The summed E-state index contributed by atoms with van der Waals surface area (Å²) < 4.78 is 0. The molecule has 0 aliphatic heterocycles. The van der Waals surface area contributed by atoms with E-state index in [1.165, 1.54) is 0 Å². The van der Waals surface area contributed by atoms with Crippen molar-refractivity contribution in [1.29, 1.82) is 0 Å². The lowest BCUT2D eigenvalue weighted by molar-refractivity contribution is 0.220. The highest BCUT2D eigenvalue weighted by Gasteiger charge is 2.17. The third-order valence-electron chi connectivity index (χ3n) is 2.39. The van der Waals surface area contributed by atoms with E-state index in [0.29, 0.717) is 23.1 Å². The Balaban J connectivity index is 2.61. The van der Waals surface area contributed by atoms with Crippen LogP contribution in [0.25, 0.3) is 0 Å². The summed E-state index contributed by atoms with van der Waals surface area (Å²) in [6, 6.07) is 1.66. The van der Waals surface area contributed by atoms with Crippen molar-refractivity contribution >= 4 is 23.1 Å². The van der Waals surface area contributed by atoms with Gasteiger partial charge in [0.05, 0.1) is 16.9 Å². The molecule has 4 nitrogen and oxygen atoms in total.